The fourth-order valence-corrected chi connectivity index (χ4v) is 5.54. The van der Waals surface area contributed by atoms with E-state index in [-0.39, 0.29) is 5.41 Å². The number of benzene rings is 1. The number of thiophene rings is 1. The van der Waals surface area contributed by atoms with Gasteiger partial charge in [-0.2, -0.15) is 5.26 Å². The molecule has 1 heterocycles. The Morgan fingerprint density at radius 1 is 1.38 bits per heavy atom. The van der Waals surface area contributed by atoms with Crippen LogP contribution in [0, 0.1) is 22.7 Å². The molecule has 0 unspecified atom stereocenters. The number of ether oxygens (including phenoxy) is 2. The Morgan fingerprint density at radius 2 is 2.14 bits per heavy atom. The molecular formula is C23H27BrN2O2S. The molecule has 154 valence electrons. The molecule has 1 atom stereocenters. The molecular weight excluding hydrogens is 448 g/mol. The van der Waals surface area contributed by atoms with Gasteiger partial charge in [-0.1, -0.05) is 20.8 Å². The van der Waals surface area contributed by atoms with Gasteiger partial charge < -0.3 is 9.47 Å². The Balaban J connectivity index is 1.92. The topological polar surface area (TPSA) is 54.6 Å². The van der Waals surface area contributed by atoms with Gasteiger partial charge in [0.05, 0.1) is 23.8 Å². The number of hydrogen-bond acceptors (Lipinski definition) is 5. The van der Waals surface area contributed by atoms with Crippen LogP contribution in [0.15, 0.2) is 21.6 Å². The molecule has 0 spiro atoms. The molecule has 0 saturated heterocycles. The third kappa shape index (κ3) is 4.67. The maximum atomic E-state index is 9.75. The zero-order chi connectivity index (χ0) is 21.2. The Morgan fingerprint density at radius 3 is 2.76 bits per heavy atom. The Bertz CT molecular complexity index is 967. The first-order valence-electron chi connectivity index (χ1n) is 9.87. The number of nitriles is 1. The van der Waals surface area contributed by atoms with Crippen LogP contribution in [-0.2, 0) is 12.8 Å². The highest BCUT2D eigenvalue weighted by molar-refractivity contribution is 9.10. The van der Waals surface area contributed by atoms with Gasteiger partial charge in [0.15, 0.2) is 11.5 Å². The van der Waals surface area contributed by atoms with E-state index < -0.39 is 0 Å². The Labute approximate surface area is 185 Å². The van der Waals surface area contributed by atoms with Crippen LogP contribution in [-0.4, -0.2) is 19.9 Å². The fraction of sp³-hybridized carbons (Fsp3) is 0.478. The van der Waals surface area contributed by atoms with Crippen molar-refractivity contribution in [2.45, 2.75) is 47.0 Å². The van der Waals surface area contributed by atoms with Gasteiger partial charge in [-0.25, -0.2) is 4.99 Å². The maximum absolute atomic E-state index is 9.75. The van der Waals surface area contributed by atoms with Crippen LogP contribution in [0.25, 0.3) is 0 Å². The van der Waals surface area contributed by atoms with Crippen molar-refractivity contribution in [2.24, 2.45) is 16.3 Å². The van der Waals surface area contributed by atoms with Crippen molar-refractivity contribution >= 4 is 38.5 Å². The molecule has 6 heteroatoms. The highest BCUT2D eigenvalue weighted by Crippen LogP contribution is 2.45. The van der Waals surface area contributed by atoms with Crippen LogP contribution in [0.1, 0.15) is 55.7 Å². The zero-order valence-corrected chi connectivity index (χ0v) is 20.0. The highest BCUT2D eigenvalue weighted by atomic mass is 79.9. The summed E-state index contributed by atoms with van der Waals surface area (Å²) in [5, 5.41) is 10.5. The average molecular weight is 475 g/mol. The average Bonchev–Trinajstić information content (AvgIpc) is 3.04. The first-order chi connectivity index (χ1) is 13.8. The maximum Gasteiger partial charge on any atom is 0.175 e. The van der Waals surface area contributed by atoms with E-state index in [1.165, 1.54) is 10.4 Å². The van der Waals surface area contributed by atoms with E-state index in [9.17, 15) is 5.26 Å². The lowest BCUT2D eigenvalue weighted by Crippen LogP contribution is -2.26. The molecule has 4 nitrogen and oxygen atoms in total. The largest absolute Gasteiger partial charge is 0.493 e. The van der Waals surface area contributed by atoms with E-state index in [2.05, 4.69) is 47.8 Å². The predicted molar refractivity (Wildman–Crippen MR) is 123 cm³/mol. The molecule has 1 aliphatic rings. The lowest BCUT2D eigenvalue weighted by atomic mass is 9.72. The smallest absolute Gasteiger partial charge is 0.175 e. The lowest BCUT2D eigenvalue weighted by molar-refractivity contribution is 0.218. The van der Waals surface area contributed by atoms with Crippen molar-refractivity contribution in [1.29, 1.82) is 5.26 Å². The minimum absolute atomic E-state index is 0.281. The van der Waals surface area contributed by atoms with E-state index in [1.807, 2.05) is 19.1 Å². The van der Waals surface area contributed by atoms with Crippen LogP contribution < -0.4 is 9.47 Å². The van der Waals surface area contributed by atoms with Gasteiger partial charge in [0.25, 0.3) is 0 Å². The number of hydrogen-bond donors (Lipinski definition) is 0. The molecule has 0 amide bonds. The van der Waals surface area contributed by atoms with E-state index >= 15 is 0 Å². The number of halogens is 1. The fourth-order valence-electron chi connectivity index (χ4n) is 3.75. The highest BCUT2D eigenvalue weighted by Gasteiger charge is 2.32. The number of fused-ring (bicyclic) bond motifs is 1. The van der Waals surface area contributed by atoms with Crippen LogP contribution in [0.4, 0.5) is 5.00 Å². The van der Waals surface area contributed by atoms with Crippen LogP contribution in [0.2, 0.25) is 0 Å². The lowest BCUT2D eigenvalue weighted by Gasteiger charge is -2.33. The first kappa shape index (κ1) is 21.9. The molecule has 0 aliphatic heterocycles. The minimum atomic E-state index is 0.281. The van der Waals surface area contributed by atoms with Gasteiger partial charge in [0.1, 0.15) is 11.1 Å². The molecule has 1 aromatic heterocycles. The molecule has 3 rings (SSSR count). The van der Waals surface area contributed by atoms with Gasteiger partial charge in [0, 0.05) is 11.1 Å². The minimum Gasteiger partial charge on any atom is -0.493 e. The summed E-state index contributed by atoms with van der Waals surface area (Å²) in [4.78, 5) is 6.01. The number of rotatable bonds is 5. The summed E-state index contributed by atoms with van der Waals surface area (Å²) in [5.41, 5.74) is 3.12. The second kappa shape index (κ2) is 8.89. The van der Waals surface area contributed by atoms with Crippen molar-refractivity contribution in [3.8, 4) is 17.6 Å². The molecule has 0 N–H and O–H groups in total. The second-order valence-corrected chi connectivity index (χ2v) is 10.3. The molecule has 0 radical (unpaired) electrons. The first-order valence-corrected chi connectivity index (χ1v) is 11.5. The zero-order valence-electron chi connectivity index (χ0n) is 17.6. The van der Waals surface area contributed by atoms with Crippen molar-refractivity contribution in [3.63, 3.8) is 0 Å². The molecule has 1 aromatic carbocycles. The Hall–Kier alpha value is -1.84. The quantitative estimate of drug-likeness (QED) is 0.453. The molecule has 0 bridgehead atoms. The predicted octanol–water partition coefficient (Wildman–Crippen LogP) is 6.69. The second-order valence-electron chi connectivity index (χ2n) is 8.33. The molecule has 2 aromatic rings. The van der Waals surface area contributed by atoms with Gasteiger partial charge in [-0.3, -0.25) is 0 Å². The van der Waals surface area contributed by atoms with Crippen molar-refractivity contribution < 1.29 is 9.47 Å². The van der Waals surface area contributed by atoms with Crippen LogP contribution >= 0.6 is 27.3 Å². The summed E-state index contributed by atoms with van der Waals surface area (Å²) in [6.45, 7) is 9.41. The summed E-state index contributed by atoms with van der Waals surface area (Å²) in [5.74, 6) is 1.98. The third-order valence-corrected chi connectivity index (χ3v) is 7.21. The molecule has 1 aliphatic carbocycles. The van der Waals surface area contributed by atoms with Crippen LogP contribution in [0.3, 0.4) is 0 Å². The SMILES string of the molecule is CCOc1c(Br)cc(C=Nc2sc3c(c2C#N)CC[C@@H](C(C)(C)C)C3)cc1OC. The summed E-state index contributed by atoms with van der Waals surface area (Å²) in [7, 11) is 1.62. The van der Waals surface area contributed by atoms with Crippen molar-refractivity contribution in [2.75, 3.05) is 13.7 Å². The normalized spacial score (nSPS) is 16.5. The standard InChI is InChI=1S/C23H27BrN2O2S/c1-6-28-21-18(24)9-14(10-19(21)27-5)13-26-22-17(12-25)16-8-7-15(23(2,3)4)11-20(16)29-22/h9-10,13,15H,6-8,11H2,1-5H3/t15-/m1/s1. The van der Waals surface area contributed by atoms with Crippen molar-refractivity contribution in [1.82, 2.24) is 0 Å². The summed E-state index contributed by atoms with van der Waals surface area (Å²) in [6.07, 6.45) is 4.93. The molecule has 0 saturated carbocycles. The van der Waals surface area contributed by atoms with Gasteiger partial charge in [0.2, 0.25) is 0 Å². The summed E-state index contributed by atoms with van der Waals surface area (Å²) >= 11 is 5.21. The van der Waals surface area contributed by atoms with E-state index in [4.69, 9.17) is 9.47 Å². The molecule has 0 fully saturated rings. The van der Waals surface area contributed by atoms with E-state index in [0.29, 0.717) is 24.0 Å². The molecule has 29 heavy (non-hydrogen) atoms. The Kier molecular flexibility index (Phi) is 6.70. The summed E-state index contributed by atoms with van der Waals surface area (Å²) in [6, 6.07) is 6.24. The van der Waals surface area contributed by atoms with E-state index in [0.717, 1.165) is 39.9 Å². The number of nitrogens with zero attached hydrogens (tertiary/aromatic N) is 2. The number of methoxy groups -OCH3 is 1. The van der Waals surface area contributed by atoms with Gasteiger partial charge in [-0.15, -0.1) is 11.3 Å². The van der Waals surface area contributed by atoms with Crippen LogP contribution in [0.5, 0.6) is 11.5 Å². The summed E-state index contributed by atoms with van der Waals surface area (Å²) < 4.78 is 11.9. The van der Waals surface area contributed by atoms with Gasteiger partial charge >= 0.3 is 0 Å². The third-order valence-electron chi connectivity index (χ3n) is 5.45. The van der Waals surface area contributed by atoms with Crippen molar-refractivity contribution in [3.05, 3.63) is 38.2 Å². The van der Waals surface area contributed by atoms with E-state index in [1.54, 1.807) is 24.7 Å². The monoisotopic (exact) mass is 474 g/mol. The number of aliphatic imine (C=N–C) groups is 1. The van der Waals surface area contributed by atoms with Gasteiger partial charge in [-0.05, 0) is 76.7 Å².